The van der Waals surface area contributed by atoms with Gasteiger partial charge in [-0.15, -0.1) is 0 Å². The lowest BCUT2D eigenvalue weighted by molar-refractivity contribution is -0.104. The quantitative estimate of drug-likeness (QED) is 0.217. The van der Waals surface area contributed by atoms with Gasteiger partial charge in [0, 0.05) is 35.9 Å². The molecule has 0 radical (unpaired) electrons. The van der Waals surface area contributed by atoms with Crippen molar-refractivity contribution >= 4 is 34.6 Å². The summed E-state index contributed by atoms with van der Waals surface area (Å²) in [5.74, 6) is 1.99. The summed E-state index contributed by atoms with van der Waals surface area (Å²) in [5, 5.41) is 7.81. The van der Waals surface area contributed by atoms with Gasteiger partial charge in [0.2, 0.25) is 0 Å². The Bertz CT molecular complexity index is 1610. The van der Waals surface area contributed by atoms with Crippen LogP contribution >= 0.6 is 11.6 Å². The highest BCUT2D eigenvalue weighted by Gasteiger charge is 2.25. The van der Waals surface area contributed by atoms with E-state index in [-0.39, 0.29) is 17.4 Å². The number of halogens is 1. The molecule has 2 aromatic heterocycles. The fourth-order valence-corrected chi connectivity index (χ4v) is 5.19. The number of nitrogens with one attached hydrogen (secondary N) is 1. The maximum Gasteiger partial charge on any atom is 0.288 e. The molecule has 1 fully saturated rings. The Balaban J connectivity index is 0.000000446. The number of nitrogens with two attached hydrogens (primary N) is 1. The molecule has 2 aromatic carbocycles. The van der Waals surface area contributed by atoms with Gasteiger partial charge in [-0.3, -0.25) is 9.59 Å². The fraction of sp³-hybridized carbons (Fsp3) is 0.323. The average molecular weight is 593 g/mol. The Labute approximate surface area is 250 Å². The third kappa shape index (κ3) is 7.39. The molecule has 3 heterocycles. The summed E-state index contributed by atoms with van der Waals surface area (Å²) < 4.78 is 13.7. The molecule has 1 aliphatic rings. The summed E-state index contributed by atoms with van der Waals surface area (Å²) in [6.07, 6.45) is 8.16. The number of nitrogens with zero attached hydrogens (tertiary/aromatic N) is 4. The zero-order chi connectivity index (χ0) is 30.2. The highest BCUT2D eigenvalue weighted by atomic mass is 35.5. The van der Waals surface area contributed by atoms with E-state index in [1.807, 2.05) is 61.6 Å². The van der Waals surface area contributed by atoms with E-state index in [4.69, 9.17) is 26.8 Å². The van der Waals surface area contributed by atoms with Gasteiger partial charge in [0.05, 0.1) is 12.5 Å². The van der Waals surface area contributed by atoms with Crippen LogP contribution in [-0.4, -0.2) is 78.7 Å². The molecule has 222 valence electrons. The third-order valence-electron chi connectivity index (χ3n) is 6.96. The second kappa shape index (κ2) is 14.2. The Hall–Kier alpha value is -4.12. The van der Waals surface area contributed by atoms with Crippen LogP contribution in [-0.2, 0) is 4.79 Å². The van der Waals surface area contributed by atoms with Crippen molar-refractivity contribution in [2.24, 2.45) is 0 Å². The lowest BCUT2D eigenvalue weighted by Crippen LogP contribution is -2.34. The molecule has 4 aromatic rings. The van der Waals surface area contributed by atoms with Crippen LogP contribution in [0.4, 0.5) is 5.82 Å². The Morgan fingerprint density at radius 1 is 1.21 bits per heavy atom. The molecule has 3 N–H and O–H groups in total. The molecule has 0 spiro atoms. The van der Waals surface area contributed by atoms with E-state index in [1.54, 1.807) is 19.2 Å². The number of fused-ring (bicyclic) bond motifs is 1. The molecule has 0 bridgehead atoms. The fourth-order valence-electron chi connectivity index (χ4n) is 5.01. The van der Waals surface area contributed by atoms with Crippen molar-refractivity contribution in [2.45, 2.75) is 18.9 Å². The van der Waals surface area contributed by atoms with E-state index in [0.717, 1.165) is 49.9 Å². The number of H-pyrrole nitrogens is 1. The number of likely N-dealkylation sites (tertiary alicyclic amines) is 1. The normalized spacial score (nSPS) is 15.5. The highest BCUT2D eigenvalue weighted by Crippen LogP contribution is 2.40. The van der Waals surface area contributed by atoms with E-state index in [0.29, 0.717) is 33.2 Å². The Morgan fingerprint density at radius 3 is 2.71 bits per heavy atom. The molecule has 1 saturated heterocycles. The van der Waals surface area contributed by atoms with Crippen molar-refractivity contribution in [1.29, 1.82) is 0 Å². The van der Waals surface area contributed by atoms with Crippen LogP contribution in [0.3, 0.4) is 0 Å². The molecule has 10 nitrogen and oxygen atoms in total. The van der Waals surface area contributed by atoms with Crippen LogP contribution < -0.4 is 20.8 Å². The first-order chi connectivity index (χ1) is 20.2. The molecular formula is C31H37ClN6O4. The first-order valence-corrected chi connectivity index (χ1v) is 14.0. The summed E-state index contributed by atoms with van der Waals surface area (Å²) in [6.45, 7) is 2.74. The number of allylic oxidation sites excluding steroid dienone is 1. The summed E-state index contributed by atoms with van der Waals surface area (Å²) in [4.78, 5) is 26.8. The number of likely N-dealkylation sites (N-methyl/N-ethyl adjacent to an activating group) is 2. The number of hydrogen-bond donors (Lipinski definition) is 2. The number of rotatable bonds is 8. The molecule has 0 saturated carbocycles. The van der Waals surface area contributed by atoms with Crippen LogP contribution in [0.2, 0.25) is 5.02 Å². The molecule has 1 atom stereocenters. The SMILES string of the molecule is CN(C)C/C=C/C=O.COc1cc(-c2cn(C3CCCN(C)C3)c3c(=O)[nH]nc(N)c23)ccc1Oc1cccc(Cl)c1. The minimum atomic E-state index is -0.253. The van der Waals surface area contributed by atoms with Crippen LogP contribution in [0, 0.1) is 0 Å². The number of carbonyl (C=O) groups is 1. The van der Waals surface area contributed by atoms with E-state index in [9.17, 15) is 9.59 Å². The number of anilines is 1. The summed E-state index contributed by atoms with van der Waals surface area (Å²) in [7, 11) is 7.60. The number of piperidine rings is 1. The van der Waals surface area contributed by atoms with Gasteiger partial charge < -0.3 is 29.6 Å². The lowest BCUT2D eigenvalue weighted by atomic mass is 10.0. The number of carbonyl (C=O) groups excluding carboxylic acids is 1. The maximum absolute atomic E-state index is 12.9. The minimum Gasteiger partial charge on any atom is -0.493 e. The van der Waals surface area contributed by atoms with Gasteiger partial charge in [-0.05, 0) is 82.5 Å². The molecule has 0 amide bonds. The number of hydrogen-bond acceptors (Lipinski definition) is 8. The molecule has 11 heteroatoms. The van der Waals surface area contributed by atoms with E-state index in [1.165, 1.54) is 6.08 Å². The lowest BCUT2D eigenvalue weighted by Gasteiger charge is -2.31. The van der Waals surface area contributed by atoms with Gasteiger partial charge in [-0.1, -0.05) is 29.8 Å². The number of ether oxygens (including phenoxy) is 2. The molecular weight excluding hydrogens is 556 g/mol. The van der Waals surface area contributed by atoms with Gasteiger partial charge in [0.15, 0.2) is 17.3 Å². The van der Waals surface area contributed by atoms with Crippen molar-refractivity contribution < 1.29 is 14.3 Å². The average Bonchev–Trinajstić information content (AvgIpc) is 3.38. The predicted octanol–water partition coefficient (Wildman–Crippen LogP) is 5.00. The third-order valence-corrected chi connectivity index (χ3v) is 7.19. The summed E-state index contributed by atoms with van der Waals surface area (Å²) >= 11 is 6.09. The van der Waals surface area contributed by atoms with Gasteiger partial charge in [-0.25, -0.2) is 5.10 Å². The monoisotopic (exact) mass is 592 g/mol. The predicted molar refractivity (Wildman–Crippen MR) is 168 cm³/mol. The zero-order valence-electron chi connectivity index (χ0n) is 24.3. The number of aldehydes is 1. The minimum absolute atomic E-state index is 0.172. The van der Waals surface area contributed by atoms with E-state index < -0.39 is 0 Å². The van der Waals surface area contributed by atoms with E-state index >= 15 is 0 Å². The van der Waals surface area contributed by atoms with Gasteiger partial charge in [-0.2, -0.15) is 5.10 Å². The number of aromatic nitrogens is 3. The highest BCUT2D eigenvalue weighted by molar-refractivity contribution is 6.30. The number of methoxy groups -OCH3 is 1. The van der Waals surface area contributed by atoms with Crippen LogP contribution in [0.1, 0.15) is 18.9 Å². The Kier molecular flexibility index (Phi) is 10.4. The van der Waals surface area contributed by atoms with Gasteiger partial charge in [0.25, 0.3) is 5.56 Å². The van der Waals surface area contributed by atoms with E-state index in [2.05, 4.69) is 26.7 Å². The Morgan fingerprint density at radius 2 is 2.02 bits per heavy atom. The summed E-state index contributed by atoms with van der Waals surface area (Å²) in [6, 6.07) is 13.0. The molecule has 5 rings (SSSR count). The topological polar surface area (TPSA) is 119 Å². The number of aromatic amines is 1. The second-order valence-electron chi connectivity index (χ2n) is 10.4. The van der Waals surface area contributed by atoms with Gasteiger partial charge in [0.1, 0.15) is 17.6 Å². The molecule has 0 aliphatic carbocycles. The van der Waals surface area contributed by atoms with Crippen molar-refractivity contribution in [2.75, 3.05) is 53.6 Å². The molecule has 1 aliphatic heterocycles. The van der Waals surface area contributed by atoms with Crippen molar-refractivity contribution in [3.8, 4) is 28.4 Å². The van der Waals surface area contributed by atoms with Crippen LogP contribution in [0.5, 0.6) is 17.2 Å². The second-order valence-corrected chi connectivity index (χ2v) is 10.9. The van der Waals surface area contributed by atoms with Crippen molar-refractivity contribution in [3.63, 3.8) is 0 Å². The first-order valence-electron chi connectivity index (χ1n) is 13.7. The molecule has 1 unspecified atom stereocenters. The summed E-state index contributed by atoms with van der Waals surface area (Å²) in [5.41, 5.74) is 8.24. The number of benzene rings is 2. The molecule has 42 heavy (non-hydrogen) atoms. The zero-order valence-corrected chi connectivity index (χ0v) is 25.1. The largest absolute Gasteiger partial charge is 0.493 e. The maximum atomic E-state index is 12.9. The number of nitrogen functional groups attached to an aromatic ring is 1. The van der Waals surface area contributed by atoms with Crippen molar-refractivity contribution in [1.82, 2.24) is 24.6 Å². The van der Waals surface area contributed by atoms with Crippen molar-refractivity contribution in [3.05, 3.63) is 76.2 Å². The van der Waals surface area contributed by atoms with Gasteiger partial charge >= 0.3 is 0 Å². The van der Waals surface area contributed by atoms with Crippen LogP contribution in [0.25, 0.3) is 22.0 Å². The first kappa shape index (κ1) is 30.8. The smallest absolute Gasteiger partial charge is 0.288 e. The standard InChI is InChI=1S/C25H26ClN5O3.C6H11NO/c1-30-10-4-6-17(13-30)31-14-19(22-23(31)25(32)29-28-24(22)27)15-8-9-20(21(11-15)33-2)34-18-7-3-5-16(26)12-18;1-7(2)5-3-4-6-8/h3,5,7-9,11-12,14,17H,4,6,10,13H2,1-2H3,(H2,27,28)(H,29,32);3-4,6H,5H2,1-2H3/b;4-3+. The van der Waals surface area contributed by atoms with Crippen LogP contribution in [0.15, 0.2) is 65.6 Å².